The Morgan fingerprint density at radius 2 is 1.86 bits per heavy atom. The summed E-state index contributed by atoms with van der Waals surface area (Å²) in [6, 6.07) is 18.1. The van der Waals surface area contributed by atoms with Crippen molar-refractivity contribution >= 4 is 23.1 Å². The number of aromatic nitrogens is 1. The average Bonchev–Trinajstić information content (AvgIpc) is 3.48. The molecule has 0 bridgehead atoms. The molecule has 2 aromatic carbocycles. The van der Waals surface area contributed by atoms with E-state index in [1.165, 1.54) is 39.4 Å². The average molecular weight is 498 g/mol. The minimum absolute atomic E-state index is 0.0950. The van der Waals surface area contributed by atoms with Gasteiger partial charge in [0.05, 0.1) is 25.4 Å². The third-order valence-corrected chi connectivity index (χ3v) is 8.94. The monoisotopic (exact) mass is 497 g/mol. The Morgan fingerprint density at radius 1 is 1.00 bits per heavy atom. The van der Waals surface area contributed by atoms with Gasteiger partial charge in [-0.15, -0.1) is 11.3 Å². The number of methoxy groups -OCH3 is 1. The fourth-order valence-corrected chi connectivity index (χ4v) is 6.97. The van der Waals surface area contributed by atoms with Gasteiger partial charge in [0, 0.05) is 22.3 Å². The van der Waals surface area contributed by atoms with Crippen molar-refractivity contribution in [3.05, 3.63) is 99.2 Å². The topological polar surface area (TPSA) is 46.5 Å². The number of urea groups is 1. The highest BCUT2D eigenvalue weighted by molar-refractivity contribution is 7.15. The number of nitrogens with one attached hydrogen (secondary N) is 1. The van der Waals surface area contributed by atoms with E-state index in [0.29, 0.717) is 6.54 Å². The molecule has 2 amide bonds. The van der Waals surface area contributed by atoms with Gasteiger partial charge in [0.2, 0.25) is 0 Å². The third-order valence-electron chi connectivity index (χ3n) is 7.61. The van der Waals surface area contributed by atoms with E-state index in [1.54, 1.807) is 7.11 Å². The number of ether oxygens (including phenoxy) is 1. The maximum absolute atomic E-state index is 14.1. The van der Waals surface area contributed by atoms with Crippen LogP contribution in [-0.4, -0.2) is 22.6 Å². The minimum atomic E-state index is -0.250. The van der Waals surface area contributed by atoms with Gasteiger partial charge < -0.3 is 19.5 Å². The van der Waals surface area contributed by atoms with Crippen LogP contribution in [0.15, 0.2) is 60.8 Å². The molecule has 5 nitrogen and oxygen atoms in total. The number of hydrogen-bond donors (Lipinski definition) is 1. The first-order valence-corrected chi connectivity index (χ1v) is 13.4. The van der Waals surface area contributed by atoms with E-state index in [9.17, 15) is 4.79 Å². The smallest absolute Gasteiger partial charge is 0.322 e. The van der Waals surface area contributed by atoms with Crippen LogP contribution in [0, 0.1) is 13.8 Å². The van der Waals surface area contributed by atoms with Crippen molar-refractivity contribution < 1.29 is 9.53 Å². The summed E-state index contributed by atoms with van der Waals surface area (Å²) in [6.07, 6.45) is 6.83. The number of benzene rings is 2. The summed E-state index contributed by atoms with van der Waals surface area (Å²) in [4.78, 5) is 17.6. The number of rotatable bonds is 3. The van der Waals surface area contributed by atoms with Crippen LogP contribution in [0.3, 0.4) is 0 Å². The number of thiophene rings is 1. The molecule has 1 N–H and O–H groups in total. The number of fused-ring (bicyclic) bond motifs is 5. The van der Waals surface area contributed by atoms with Crippen LogP contribution < -0.4 is 10.1 Å². The van der Waals surface area contributed by atoms with Crippen LogP contribution in [0.5, 0.6) is 5.75 Å². The van der Waals surface area contributed by atoms with E-state index in [-0.39, 0.29) is 12.1 Å². The van der Waals surface area contributed by atoms with E-state index < -0.39 is 0 Å². The van der Waals surface area contributed by atoms with Gasteiger partial charge in [-0.2, -0.15) is 0 Å². The Balaban J connectivity index is 1.49. The second kappa shape index (κ2) is 9.17. The number of anilines is 1. The van der Waals surface area contributed by atoms with E-state index in [2.05, 4.69) is 54.2 Å². The number of amides is 2. The molecule has 184 valence electrons. The number of hydrogen-bond acceptors (Lipinski definition) is 3. The molecular formula is C30H31N3O2S. The summed E-state index contributed by atoms with van der Waals surface area (Å²) in [5.74, 6) is 0.788. The molecule has 2 aliphatic rings. The standard InChI is InChI=1S/C30H31N3O2S/c1-19-13-14-22(16-20(19)2)31-30(34)33-18-25-24-10-4-5-12-27(24)36-29(25)32-15-7-11-26(32)28(33)21-8-6-9-23(17-21)35-3/h6-9,11,13-17,28H,4-5,10,12,18H2,1-3H3,(H,31,34). The molecule has 6 rings (SSSR count). The van der Waals surface area contributed by atoms with Crippen LogP contribution in [0.4, 0.5) is 10.5 Å². The first kappa shape index (κ1) is 22.9. The van der Waals surface area contributed by atoms with Gasteiger partial charge in [-0.3, -0.25) is 0 Å². The SMILES string of the molecule is COc1cccc(C2c3cccn3-c3sc4c(c3CN2C(=O)Nc2ccc(C)c(C)c2)CCCC4)c1. The lowest BCUT2D eigenvalue weighted by molar-refractivity contribution is 0.194. The number of nitrogens with zero attached hydrogens (tertiary/aromatic N) is 2. The number of carbonyl (C=O) groups excluding carboxylic acids is 1. The molecule has 1 aliphatic heterocycles. The van der Waals surface area contributed by atoms with Crippen LogP contribution in [0.25, 0.3) is 5.00 Å². The van der Waals surface area contributed by atoms with E-state index >= 15 is 0 Å². The van der Waals surface area contributed by atoms with Crippen molar-refractivity contribution in [3.63, 3.8) is 0 Å². The summed E-state index contributed by atoms with van der Waals surface area (Å²) in [5, 5.41) is 4.47. The maximum Gasteiger partial charge on any atom is 0.322 e. The highest BCUT2D eigenvalue weighted by Gasteiger charge is 2.36. The van der Waals surface area contributed by atoms with Crippen molar-refractivity contribution in [1.82, 2.24) is 9.47 Å². The zero-order chi connectivity index (χ0) is 24.8. The molecule has 2 aromatic heterocycles. The molecule has 36 heavy (non-hydrogen) atoms. The Bertz CT molecular complexity index is 1450. The van der Waals surface area contributed by atoms with Gasteiger partial charge in [0.1, 0.15) is 10.8 Å². The Kier molecular flexibility index (Phi) is 5.84. The predicted octanol–water partition coefficient (Wildman–Crippen LogP) is 7.18. The normalized spacial score (nSPS) is 16.5. The fourth-order valence-electron chi connectivity index (χ4n) is 5.56. The predicted molar refractivity (Wildman–Crippen MR) is 146 cm³/mol. The summed E-state index contributed by atoms with van der Waals surface area (Å²) < 4.78 is 7.87. The van der Waals surface area contributed by atoms with E-state index in [1.807, 2.05) is 46.6 Å². The lowest BCUT2D eigenvalue weighted by Crippen LogP contribution is -2.38. The van der Waals surface area contributed by atoms with Gasteiger partial charge in [0.15, 0.2) is 0 Å². The Hall–Kier alpha value is -3.51. The van der Waals surface area contributed by atoms with Crippen molar-refractivity contribution in [2.24, 2.45) is 0 Å². The molecule has 0 spiro atoms. The molecule has 0 saturated heterocycles. The van der Waals surface area contributed by atoms with Crippen LogP contribution >= 0.6 is 11.3 Å². The van der Waals surface area contributed by atoms with E-state index in [0.717, 1.165) is 41.1 Å². The minimum Gasteiger partial charge on any atom is -0.497 e. The van der Waals surface area contributed by atoms with Gasteiger partial charge in [-0.1, -0.05) is 18.2 Å². The molecule has 1 aliphatic carbocycles. The largest absolute Gasteiger partial charge is 0.497 e. The summed E-state index contributed by atoms with van der Waals surface area (Å²) in [6.45, 7) is 4.73. The lowest BCUT2D eigenvalue weighted by atomic mass is 9.95. The molecule has 4 aromatic rings. The summed E-state index contributed by atoms with van der Waals surface area (Å²) in [7, 11) is 1.68. The van der Waals surface area contributed by atoms with Crippen LogP contribution in [-0.2, 0) is 19.4 Å². The zero-order valence-corrected chi connectivity index (χ0v) is 21.8. The summed E-state index contributed by atoms with van der Waals surface area (Å²) >= 11 is 1.90. The quantitative estimate of drug-likeness (QED) is 0.326. The molecule has 0 radical (unpaired) electrons. The molecule has 6 heteroatoms. The molecular weight excluding hydrogens is 466 g/mol. The molecule has 3 heterocycles. The van der Waals surface area contributed by atoms with Crippen molar-refractivity contribution in [3.8, 4) is 10.8 Å². The number of aryl methyl sites for hydroxylation is 3. The Labute approximate surface area is 216 Å². The highest BCUT2D eigenvalue weighted by Crippen LogP contribution is 2.44. The summed E-state index contributed by atoms with van der Waals surface area (Å²) in [5.41, 5.74) is 8.08. The lowest BCUT2D eigenvalue weighted by Gasteiger charge is -2.31. The second-order valence-electron chi connectivity index (χ2n) is 9.83. The first-order chi connectivity index (χ1) is 17.5. The van der Waals surface area contributed by atoms with Gasteiger partial charge in [-0.25, -0.2) is 4.79 Å². The number of carbonyl (C=O) groups is 1. The third kappa shape index (κ3) is 3.90. The molecule has 0 fully saturated rings. The van der Waals surface area contributed by atoms with Crippen molar-refractivity contribution in [2.45, 2.75) is 52.1 Å². The molecule has 0 saturated carbocycles. The van der Waals surface area contributed by atoms with Crippen molar-refractivity contribution in [1.29, 1.82) is 0 Å². The maximum atomic E-state index is 14.1. The highest BCUT2D eigenvalue weighted by atomic mass is 32.1. The van der Waals surface area contributed by atoms with Gasteiger partial charge in [0.25, 0.3) is 0 Å². The fraction of sp³-hybridized carbons (Fsp3) is 0.300. The molecule has 1 atom stereocenters. The van der Waals surface area contributed by atoms with Crippen molar-refractivity contribution in [2.75, 3.05) is 12.4 Å². The Morgan fingerprint density at radius 3 is 2.69 bits per heavy atom. The van der Waals surface area contributed by atoms with Gasteiger partial charge >= 0.3 is 6.03 Å². The zero-order valence-electron chi connectivity index (χ0n) is 21.0. The van der Waals surface area contributed by atoms with Crippen LogP contribution in [0.1, 0.15) is 57.3 Å². The van der Waals surface area contributed by atoms with Crippen LogP contribution in [0.2, 0.25) is 0 Å². The molecule has 1 unspecified atom stereocenters. The second-order valence-corrected chi connectivity index (χ2v) is 10.9. The van der Waals surface area contributed by atoms with Gasteiger partial charge in [-0.05, 0) is 98.2 Å². The first-order valence-electron chi connectivity index (χ1n) is 12.6. The van der Waals surface area contributed by atoms with E-state index in [4.69, 9.17) is 4.74 Å².